The third kappa shape index (κ3) is 4.85. The Hall–Kier alpha value is -0.810. The molecule has 0 spiro atoms. The van der Waals surface area contributed by atoms with Crippen molar-refractivity contribution in [1.29, 1.82) is 0 Å². The van der Waals surface area contributed by atoms with Crippen LogP contribution in [0.25, 0.3) is 0 Å². The first-order valence-corrected chi connectivity index (χ1v) is 8.21. The zero-order valence-corrected chi connectivity index (χ0v) is 14.5. The van der Waals surface area contributed by atoms with Gasteiger partial charge in [0.05, 0.1) is 23.1 Å². The average Bonchev–Trinajstić information content (AvgIpc) is 2.52. The normalized spacial score (nSPS) is 18.2. The summed E-state index contributed by atoms with van der Waals surface area (Å²) < 4.78 is 4.78. The molecule has 1 aromatic rings. The van der Waals surface area contributed by atoms with Crippen LogP contribution in [0.5, 0.6) is 0 Å². The Bertz CT molecular complexity index is 517. The lowest BCUT2D eigenvalue weighted by Crippen LogP contribution is -2.47. The van der Waals surface area contributed by atoms with Crippen LogP contribution >= 0.6 is 23.2 Å². The van der Waals surface area contributed by atoms with Crippen LogP contribution < -0.4 is 0 Å². The molecule has 1 fully saturated rings. The summed E-state index contributed by atoms with van der Waals surface area (Å²) in [5.74, 6) is -0.218. The molecule has 1 saturated heterocycles. The third-order valence-corrected chi connectivity index (χ3v) is 4.73. The van der Waals surface area contributed by atoms with Crippen LogP contribution in [0.15, 0.2) is 18.2 Å². The first-order valence-electron chi connectivity index (χ1n) is 7.46. The van der Waals surface area contributed by atoms with Gasteiger partial charge in [0.1, 0.15) is 0 Å². The van der Waals surface area contributed by atoms with Crippen LogP contribution in [-0.2, 0) is 16.1 Å². The molecule has 1 aromatic carbocycles. The van der Waals surface area contributed by atoms with Crippen molar-refractivity contribution in [2.75, 3.05) is 39.8 Å². The molecule has 1 atom stereocenters. The van der Waals surface area contributed by atoms with Gasteiger partial charge < -0.3 is 4.74 Å². The minimum Gasteiger partial charge on any atom is -0.469 e. The lowest BCUT2D eigenvalue weighted by Gasteiger charge is -2.35. The van der Waals surface area contributed by atoms with Crippen molar-refractivity contribution in [1.82, 2.24) is 9.80 Å². The molecule has 0 aliphatic carbocycles. The number of carbonyl (C=O) groups is 1. The Kier molecular flexibility index (Phi) is 6.50. The van der Waals surface area contributed by atoms with E-state index >= 15 is 0 Å². The molecule has 0 aromatic heterocycles. The third-order valence-electron chi connectivity index (χ3n) is 3.99. The fourth-order valence-electron chi connectivity index (χ4n) is 2.69. The first-order chi connectivity index (χ1) is 10.5. The van der Waals surface area contributed by atoms with Gasteiger partial charge in [0.15, 0.2) is 0 Å². The smallest absolute Gasteiger partial charge is 0.309 e. The van der Waals surface area contributed by atoms with Gasteiger partial charge in [-0.05, 0) is 17.7 Å². The highest BCUT2D eigenvalue weighted by Gasteiger charge is 2.22. The van der Waals surface area contributed by atoms with Gasteiger partial charge in [-0.2, -0.15) is 0 Å². The van der Waals surface area contributed by atoms with Crippen molar-refractivity contribution < 1.29 is 9.53 Å². The van der Waals surface area contributed by atoms with Gasteiger partial charge in [-0.3, -0.25) is 14.6 Å². The zero-order valence-electron chi connectivity index (χ0n) is 13.0. The molecule has 1 heterocycles. The van der Waals surface area contributed by atoms with Crippen molar-refractivity contribution in [2.24, 2.45) is 5.92 Å². The minimum atomic E-state index is -0.141. The summed E-state index contributed by atoms with van der Waals surface area (Å²) in [5, 5.41) is 1.19. The SMILES string of the molecule is COC(=O)[C@@H](C)CN1CCN(Cc2ccc(Cl)c(Cl)c2)CC1. The maximum Gasteiger partial charge on any atom is 0.309 e. The van der Waals surface area contributed by atoms with Crippen molar-refractivity contribution >= 4 is 29.2 Å². The van der Waals surface area contributed by atoms with E-state index in [1.165, 1.54) is 12.7 Å². The van der Waals surface area contributed by atoms with Crippen LogP contribution in [0.3, 0.4) is 0 Å². The van der Waals surface area contributed by atoms with Gasteiger partial charge in [-0.15, -0.1) is 0 Å². The van der Waals surface area contributed by atoms with E-state index in [0.717, 1.165) is 39.3 Å². The van der Waals surface area contributed by atoms with Crippen molar-refractivity contribution in [3.63, 3.8) is 0 Å². The van der Waals surface area contributed by atoms with Gasteiger partial charge in [-0.1, -0.05) is 36.2 Å². The number of methoxy groups -OCH3 is 1. The number of hydrogen-bond donors (Lipinski definition) is 0. The number of piperazine rings is 1. The number of ether oxygens (including phenoxy) is 1. The summed E-state index contributed by atoms with van der Waals surface area (Å²) >= 11 is 12.0. The van der Waals surface area contributed by atoms with E-state index in [9.17, 15) is 4.79 Å². The van der Waals surface area contributed by atoms with Gasteiger partial charge >= 0.3 is 5.97 Å². The van der Waals surface area contributed by atoms with Crippen LogP contribution in [0, 0.1) is 5.92 Å². The number of hydrogen-bond acceptors (Lipinski definition) is 4. The molecule has 0 radical (unpaired) electrons. The van der Waals surface area contributed by atoms with Gasteiger partial charge in [0.25, 0.3) is 0 Å². The summed E-state index contributed by atoms with van der Waals surface area (Å²) in [4.78, 5) is 16.2. The first kappa shape index (κ1) is 17.5. The van der Waals surface area contributed by atoms with Crippen LogP contribution in [0.4, 0.5) is 0 Å². The Morgan fingerprint density at radius 2 is 1.82 bits per heavy atom. The fraction of sp³-hybridized carbons (Fsp3) is 0.562. The number of rotatable bonds is 5. The molecule has 2 rings (SSSR count). The van der Waals surface area contributed by atoms with E-state index < -0.39 is 0 Å². The van der Waals surface area contributed by atoms with Gasteiger partial charge in [0.2, 0.25) is 0 Å². The Morgan fingerprint density at radius 1 is 1.18 bits per heavy atom. The van der Waals surface area contributed by atoms with Crippen molar-refractivity contribution in [2.45, 2.75) is 13.5 Å². The highest BCUT2D eigenvalue weighted by atomic mass is 35.5. The van der Waals surface area contributed by atoms with E-state index in [1.54, 1.807) is 0 Å². The van der Waals surface area contributed by atoms with E-state index in [0.29, 0.717) is 10.0 Å². The molecule has 0 bridgehead atoms. The molecular formula is C16H22Cl2N2O2. The van der Waals surface area contributed by atoms with E-state index in [-0.39, 0.29) is 11.9 Å². The fourth-order valence-corrected chi connectivity index (χ4v) is 3.01. The molecule has 0 unspecified atom stereocenters. The summed E-state index contributed by atoms with van der Waals surface area (Å²) in [6.45, 7) is 7.42. The molecule has 0 saturated carbocycles. The molecule has 0 N–H and O–H groups in total. The van der Waals surface area contributed by atoms with E-state index in [4.69, 9.17) is 27.9 Å². The predicted molar refractivity (Wildman–Crippen MR) is 89.4 cm³/mol. The number of benzene rings is 1. The van der Waals surface area contributed by atoms with Crippen LogP contribution in [0.1, 0.15) is 12.5 Å². The largest absolute Gasteiger partial charge is 0.469 e. The molecule has 6 heteroatoms. The quantitative estimate of drug-likeness (QED) is 0.769. The molecule has 122 valence electrons. The highest BCUT2D eigenvalue weighted by molar-refractivity contribution is 6.42. The van der Waals surface area contributed by atoms with E-state index in [1.807, 2.05) is 25.1 Å². The second-order valence-corrected chi connectivity index (χ2v) is 6.56. The van der Waals surface area contributed by atoms with Gasteiger partial charge in [-0.25, -0.2) is 0 Å². The molecule has 0 amide bonds. The lowest BCUT2D eigenvalue weighted by atomic mass is 10.1. The Morgan fingerprint density at radius 3 is 2.41 bits per heavy atom. The summed E-state index contributed by atoms with van der Waals surface area (Å²) in [5.41, 5.74) is 1.17. The molecule has 22 heavy (non-hydrogen) atoms. The molecule has 1 aliphatic rings. The van der Waals surface area contributed by atoms with Crippen LogP contribution in [-0.4, -0.2) is 55.6 Å². The molecule has 4 nitrogen and oxygen atoms in total. The average molecular weight is 345 g/mol. The number of esters is 1. The Labute approximate surface area is 141 Å². The topological polar surface area (TPSA) is 32.8 Å². The second kappa shape index (κ2) is 8.16. The number of carbonyl (C=O) groups excluding carboxylic acids is 1. The summed E-state index contributed by atoms with van der Waals surface area (Å²) in [7, 11) is 1.44. The maximum atomic E-state index is 11.5. The minimum absolute atomic E-state index is 0.0772. The van der Waals surface area contributed by atoms with Gasteiger partial charge in [0, 0.05) is 39.3 Å². The zero-order chi connectivity index (χ0) is 16.1. The summed E-state index contributed by atoms with van der Waals surface area (Å²) in [6.07, 6.45) is 0. The second-order valence-electron chi connectivity index (χ2n) is 5.75. The lowest BCUT2D eigenvalue weighted by molar-refractivity contribution is -0.145. The molecular weight excluding hydrogens is 323 g/mol. The summed E-state index contributed by atoms with van der Waals surface area (Å²) in [6, 6.07) is 5.78. The Balaban J connectivity index is 1.79. The van der Waals surface area contributed by atoms with Crippen molar-refractivity contribution in [3.8, 4) is 0 Å². The maximum absolute atomic E-state index is 11.5. The highest BCUT2D eigenvalue weighted by Crippen LogP contribution is 2.23. The number of halogens is 2. The predicted octanol–water partition coefficient (Wildman–Crippen LogP) is 2.92. The number of nitrogens with zero attached hydrogens (tertiary/aromatic N) is 2. The monoisotopic (exact) mass is 344 g/mol. The molecule has 1 aliphatic heterocycles. The van der Waals surface area contributed by atoms with E-state index in [2.05, 4.69) is 9.80 Å². The van der Waals surface area contributed by atoms with Crippen LogP contribution in [0.2, 0.25) is 10.0 Å². The standard InChI is InChI=1S/C16H22Cl2N2O2/c1-12(16(21)22-2)10-19-5-7-20(8-6-19)11-13-3-4-14(17)15(18)9-13/h3-4,9,12H,5-8,10-11H2,1-2H3/t12-/m0/s1. The van der Waals surface area contributed by atoms with Crippen molar-refractivity contribution in [3.05, 3.63) is 33.8 Å².